The lowest BCUT2D eigenvalue weighted by Crippen LogP contribution is -2.47. The van der Waals surface area contributed by atoms with Crippen LogP contribution in [0.2, 0.25) is 0 Å². The first-order valence-electron chi connectivity index (χ1n) is 5.06. The molecule has 2 N–H and O–H groups in total. The van der Waals surface area contributed by atoms with Crippen LogP contribution >= 0.6 is 11.8 Å². The number of rotatable bonds is 2. The normalized spacial score (nSPS) is 33.2. The van der Waals surface area contributed by atoms with E-state index in [2.05, 4.69) is 0 Å². The van der Waals surface area contributed by atoms with Crippen molar-refractivity contribution in [1.29, 1.82) is 0 Å². The van der Waals surface area contributed by atoms with Crippen LogP contribution in [-0.4, -0.2) is 47.7 Å². The van der Waals surface area contributed by atoms with Crippen LogP contribution in [0.25, 0.3) is 0 Å². The fourth-order valence-corrected chi connectivity index (χ4v) is 3.18. The van der Waals surface area contributed by atoms with Crippen molar-refractivity contribution in [3.8, 4) is 0 Å². The molecule has 4 nitrogen and oxygen atoms in total. The molecule has 2 saturated heterocycles. The zero-order valence-corrected chi connectivity index (χ0v) is 8.96. The van der Waals surface area contributed by atoms with Crippen molar-refractivity contribution in [1.82, 2.24) is 4.90 Å². The van der Waals surface area contributed by atoms with Gasteiger partial charge in [0.05, 0.1) is 6.04 Å². The van der Waals surface area contributed by atoms with Gasteiger partial charge in [-0.15, -0.1) is 0 Å². The second kappa shape index (κ2) is 4.40. The van der Waals surface area contributed by atoms with Crippen LogP contribution in [0.3, 0.4) is 0 Å². The number of hydrogen-bond acceptors (Lipinski definition) is 4. The molecule has 0 aliphatic carbocycles. The van der Waals surface area contributed by atoms with Gasteiger partial charge in [0, 0.05) is 18.3 Å². The number of carbonyl (C=O) groups is 1. The molecule has 2 aliphatic rings. The van der Waals surface area contributed by atoms with Gasteiger partial charge in [-0.1, -0.05) is 0 Å². The van der Waals surface area contributed by atoms with E-state index >= 15 is 0 Å². The Hall–Kier alpha value is -0.420. The summed E-state index contributed by atoms with van der Waals surface area (Å²) in [6.07, 6.45) is 2.11. The lowest BCUT2D eigenvalue weighted by Gasteiger charge is -2.32. The van der Waals surface area contributed by atoms with E-state index in [-0.39, 0.29) is 12.1 Å². The Labute approximate surface area is 88.1 Å². The molecule has 2 atom stereocenters. The van der Waals surface area contributed by atoms with Crippen molar-refractivity contribution in [3.63, 3.8) is 0 Å². The van der Waals surface area contributed by atoms with E-state index in [0.29, 0.717) is 19.2 Å². The van der Waals surface area contributed by atoms with E-state index in [4.69, 9.17) is 10.5 Å². The molecule has 0 aromatic heterocycles. The van der Waals surface area contributed by atoms with Crippen molar-refractivity contribution in [2.75, 3.05) is 24.7 Å². The number of hydrogen-bond donors (Lipinski definition) is 1. The Morgan fingerprint density at radius 2 is 2.50 bits per heavy atom. The maximum absolute atomic E-state index is 11.5. The van der Waals surface area contributed by atoms with Gasteiger partial charge in [0.2, 0.25) is 0 Å². The van der Waals surface area contributed by atoms with Crippen molar-refractivity contribution < 1.29 is 9.53 Å². The molecular weight excluding hydrogens is 200 g/mol. The third kappa shape index (κ3) is 1.83. The summed E-state index contributed by atoms with van der Waals surface area (Å²) in [4.78, 5) is 13.3. The minimum absolute atomic E-state index is 0.103. The number of nitrogens with two attached hydrogens (primary N) is 1. The zero-order valence-electron chi connectivity index (χ0n) is 8.15. The van der Waals surface area contributed by atoms with E-state index < -0.39 is 0 Å². The van der Waals surface area contributed by atoms with Gasteiger partial charge >= 0.3 is 6.09 Å². The van der Waals surface area contributed by atoms with Crippen LogP contribution in [0, 0.1) is 0 Å². The summed E-state index contributed by atoms with van der Waals surface area (Å²) in [7, 11) is 0. The summed E-state index contributed by atoms with van der Waals surface area (Å²) < 4.78 is 5.02. The summed E-state index contributed by atoms with van der Waals surface area (Å²) in [6, 6.07) is 0.448. The fourth-order valence-electron chi connectivity index (χ4n) is 2.04. The Kier molecular flexibility index (Phi) is 3.18. The Bertz CT molecular complexity index is 219. The SMILES string of the molecule is NCC1COC(=O)N1C1CCCSC1. The van der Waals surface area contributed by atoms with E-state index in [9.17, 15) is 4.79 Å². The largest absolute Gasteiger partial charge is 0.447 e. The van der Waals surface area contributed by atoms with E-state index in [1.807, 2.05) is 16.7 Å². The highest BCUT2D eigenvalue weighted by Crippen LogP contribution is 2.26. The standard InChI is InChI=1S/C9H16N2O2S/c10-4-8-5-13-9(12)11(8)7-2-1-3-14-6-7/h7-8H,1-6,10H2. The average Bonchev–Trinajstić information content (AvgIpc) is 2.61. The van der Waals surface area contributed by atoms with Crippen LogP contribution in [0.5, 0.6) is 0 Å². The summed E-state index contributed by atoms with van der Waals surface area (Å²) in [5, 5.41) is 0. The second-order valence-electron chi connectivity index (χ2n) is 3.74. The van der Waals surface area contributed by atoms with Gasteiger partial charge in [0.25, 0.3) is 0 Å². The molecule has 14 heavy (non-hydrogen) atoms. The zero-order chi connectivity index (χ0) is 9.97. The van der Waals surface area contributed by atoms with Crippen LogP contribution in [0.15, 0.2) is 0 Å². The van der Waals surface area contributed by atoms with Gasteiger partial charge in [-0.2, -0.15) is 11.8 Å². The van der Waals surface area contributed by atoms with Gasteiger partial charge in [0.15, 0.2) is 0 Å². The molecule has 0 radical (unpaired) electrons. The van der Waals surface area contributed by atoms with Crippen LogP contribution in [-0.2, 0) is 4.74 Å². The monoisotopic (exact) mass is 216 g/mol. The van der Waals surface area contributed by atoms with Gasteiger partial charge in [0.1, 0.15) is 6.61 Å². The Morgan fingerprint density at radius 3 is 3.14 bits per heavy atom. The molecule has 5 heteroatoms. The van der Waals surface area contributed by atoms with Crippen LogP contribution < -0.4 is 5.73 Å². The number of amides is 1. The van der Waals surface area contributed by atoms with Gasteiger partial charge in [-0.25, -0.2) is 4.79 Å². The number of ether oxygens (including phenoxy) is 1. The minimum Gasteiger partial charge on any atom is -0.447 e. The number of carbonyl (C=O) groups excluding carboxylic acids is 1. The smallest absolute Gasteiger partial charge is 0.410 e. The van der Waals surface area contributed by atoms with Crippen molar-refractivity contribution in [2.45, 2.75) is 24.9 Å². The molecular formula is C9H16N2O2S. The second-order valence-corrected chi connectivity index (χ2v) is 4.89. The molecule has 0 saturated carbocycles. The Balaban J connectivity index is 2.01. The number of thioether (sulfide) groups is 1. The minimum atomic E-state index is -0.173. The Morgan fingerprint density at radius 1 is 1.64 bits per heavy atom. The predicted molar refractivity (Wildman–Crippen MR) is 56.4 cm³/mol. The molecule has 2 rings (SSSR count). The molecule has 2 unspecified atom stereocenters. The molecule has 0 spiro atoms. The van der Waals surface area contributed by atoms with Crippen molar-refractivity contribution >= 4 is 17.9 Å². The highest BCUT2D eigenvalue weighted by molar-refractivity contribution is 7.99. The molecule has 0 bridgehead atoms. The lowest BCUT2D eigenvalue weighted by atomic mass is 10.1. The average molecular weight is 216 g/mol. The van der Waals surface area contributed by atoms with Gasteiger partial charge in [-0.3, -0.25) is 4.90 Å². The predicted octanol–water partition coefficient (Wildman–Crippen LogP) is 0.661. The van der Waals surface area contributed by atoms with Gasteiger partial charge in [-0.05, 0) is 18.6 Å². The first-order valence-corrected chi connectivity index (χ1v) is 6.21. The van der Waals surface area contributed by atoms with Crippen molar-refractivity contribution in [2.24, 2.45) is 5.73 Å². The molecule has 80 valence electrons. The van der Waals surface area contributed by atoms with Crippen LogP contribution in [0.4, 0.5) is 4.79 Å². The molecule has 1 amide bonds. The molecule has 2 heterocycles. The summed E-state index contributed by atoms with van der Waals surface area (Å²) in [5.74, 6) is 2.25. The molecule has 0 aromatic rings. The van der Waals surface area contributed by atoms with Crippen molar-refractivity contribution in [3.05, 3.63) is 0 Å². The third-order valence-electron chi connectivity index (χ3n) is 2.81. The van der Waals surface area contributed by atoms with Gasteiger partial charge < -0.3 is 10.5 Å². The summed E-state index contributed by atoms with van der Waals surface area (Å²) in [5.41, 5.74) is 5.61. The van der Waals surface area contributed by atoms with E-state index in [0.717, 1.165) is 12.2 Å². The molecule has 0 aromatic carbocycles. The maximum Gasteiger partial charge on any atom is 0.410 e. The fraction of sp³-hybridized carbons (Fsp3) is 0.889. The summed E-state index contributed by atoms with van der Waals surface area (Å²) in [6.45, 7) is 0.976. The maximum atomic E-state index is 11.5. The van der Waals surface area contributed by atoms with E-state index in [1.165, 1.54) is 12.2 Å². The first kappa shape index (κ1) is 10.1. The van der Waals surface area contributed by atoms with E-state index in [1.54, 1.807) is 0 Å². The summed E-state index contributed by atoms with van der Waals surface area (Å²) >= 11 is 1.91. The third-order valence-corrected chi connectivity index (χ3v) is 4.00. The quantitative estimate of drug-likeness (QED) is 0.737. The highest BCUT2D eigenvalue weighted by Gasteiger charge is 2.37. The molecule has 2 fully saturated rings. The highest BCUT2D eigenvalue weighted by atomic mass is 32.2. The lowest BCUT2D eigenvalue weighted by molar-refractivity contribution is 0.145. The first-order chi connectivity index (χ1) is 6.83. The number of cyclic esters (lactones) is 1. The molecule has 2 aliphatic heterocycles. The topological polar surface area (TPSA) is 55.6 Å². The number of nitrogens with zero attached hydrogens (tertiary/aromatic N) is 1. The van der Waals surface area contributed by atoms with Crippen LogP contribution in [0.1, 0.15) is 12.8 Å².